The van der Waals surface area contributed by atoms with E-state index >= 15 is 0 Å². The van der Waals surface area contributed by atoms with Crippen LogP contribution in [0.3, 0.4) is 0 Å². The van der Waals surface area contributed by atoms with Crippen LogP contribution in [0.2, 0.25) is 0 Å². The Kier molecular flexibility index (Phi) is 4.42. The fraction of sp³-hybridized carbons (Fsp3) is 0.400. The van der Waals surface area contributed by atoms with Crippen LogP contribution in [-0.2, 0) is 4.79 Å². The van der Waals surface area contributed by atoms with Crippen LogP contribution >= 0.6 is 0 Å². The number of halogens is 3. The van der Waals surface area contributed by atoms with Crippen LogP contribution in [-0.4, -0.2) is 41.1 Å². The van der Waals surface area contributed by atoms with Crippen molar-refractivity contribution >= 4 is 11.6 Å². The lowest BCUT2D eigenvalue weighted by atomic mass is 9.73. The van der Waals surface area contributed by atoms with Crippen molar-refractivity contribution in [2.45, 2.75) is 25.6 Å². The Labute approximate surface area is 155 Å². The Balaban J connectivity index is 1.47. The average molecular weight is 375 g/mol. The lowest BCUT2D eigenvalue weighted by Gasteiger charge is -2.35. The molecular weight excluding hydrogens is 355 g/mol. The zero-order valence-corrected chi connectivity index (χ0v) is 14.8. The number of alkyl halides is 3. The second-order valence-corrected chi connectivity index (χ2v) is 7.37. The van der Waals surface area contributed by atoms with Gasteiger partial charge in [-0.3, -0.25) is 14.7 Å². The number of pyridine rings is 1. The third kappa shape index (κ3) is 3.56. The van der Waals surface area contributed by atoms with Gasteiger partial charge in [0.15, 0.2) is 0 Å². The quantitative estimate of drug-likeness (QED) is 0.882. The fourth-order valence-corrected chi connectivity index (χ4v) is 4.25. The number of amides is 1. The molecule has 1 aromatic heterocycles. The summed E-state index contributed by atoms with van der Waals surface area (Å²) in [4.78, 5) is 18.4. The standard InChI is InChI=1S/C20H20F3N3O/c1-12-5-6-14(9-15(12)16-4-2-3-7-24-16)25-19(27)18-13-8-17(18)26(10-13)11-20(21,22)23/h2-7,9,13,17-18H,8,10-11H2,1H3,(H,25,27)/t13-,17?,18-/m1/s1. The van der Waals surface area contributed by atoms with Crippen molar-refractivity contribution in [3.8, 4) is 11.3 Å². The molecule has 2 saturated heterocycles. The summed E-state index contributed by atoms with van der Waals surface area (Å²) >= 11 is 0. The molecule has 1 N–H and O–H groups in total. The van der Waals surface area contributed by atoms with E-state index in [4.69, 9.17) is 0 Å². The van der Waals surface area contributed by atoms with Crippen molar-refractivity contribution in [2.75, 3.05) is 18.4 Å². The van der Waals surface area contributed by atoms with Crippen LogP contribution in [0, 0.1) is 18.8 Å². The molecule has 27 heavy (non-hydrogen) atoms. The van der Waals surface area contributed by atoms with Gasteiger partial charge in [0.1, 0.15) is 0 Å². The van der Waals surface area contributed by atoms with E-state index in [2.05, 4.69) is 10.3 Å². The summed E-state index contributed by atoms with van der Waals surface area (Å²) in [5.41, 5.74) is 3.40. The van der Waals surface area contributed by atoms with E-state index in [0.29, 0.717) is 18.7 Å². The van der Waals surface area contributed by atoms with E-state index in [1.165, 1.54) is 4.90 Å². The van der Waals surface area contributed by atoms with Crippen LogP contribution in [0.5, 0.6) is 0 Å². The zero-order valence-electron chi connectivity index (χ0n) is 14.8. The van der Waals surface area contributed by atoms with Crippen LogP contribution < -0.4 is 5.32 Å². The molecule has 3 atom stereocenters. The Morgan fingerprint density at radius 1 is 1.30 bits per heavy atom. The largest absolute Gasteiger partial charge is 0.401 e. The maximum Gasteiger partial charge on any atom is 0.401 e. The third-order valence-electron chi connectivity index (χ3n) is 5.54. The monoisotopic (exact) mass is 375 g/mol. The highest BCUT2D eigenvalue weighted by atomic mass is 19.4. The molecule has 2 aliphatic heterocycles. The van der Waals surface area contributed by atoms with Gasteiger partial charge in [-0.05, 0) is 49.1 Å². The zero-order chi connectivity index (χ0) is 19.2. The molecule has 2 bridgehead atoms. The number of benzene rings is 1. The molecule has 1 aromatic carbocycles. The molecule has 1 aliphatic carbocycles. The lowest BCUT2D eigenvalue weighted by molar-refractivity contribution is -0.149. The SMILES string of the molecule is Cc1ccc(NC(=O)[C@H]2C3C[C@@H]2CN3CC(F)(F)F)cc1-c1ccccn1. The van der Waals surface area contributed by atoms with Gasteiger partial charge in [0.05, 0.1) is 18.2 Å². The number of anilines is 1. The van der Waals surface area contributed by atoms with Crippen LogP contribution in [0.1, 0.15) is 12.0 Å². The van der Waals surface area contributed by atoms with Crippen LogP contribution in [0.4, 0.5) is 18.9 Å². The summed E-state index contributed by atoms with van der Waals surface area (Å²) in [6.45, 7) is 1.37. The molecule has 0 spiro atoms. The molecule has 3 heterocycles. The number of carbonyl (C=O) groups is 1. The molecule has 1 amide bonds. The fourth-order valence-electron chi connectivity index (χ4n) is 4.25. The smallest absolute Gasteiger partial charge is 0.326 e. The number of nitrogens with one attached hydrogen (secondary N) is 1. The number of fused-ring (bicyclic) bond motifs is 1. The van der Waals surface area contributed by atoms with E-state index < -0.39 is 12.7 Å². The average Bonchev–Trinajstić information content (AvgIpc) is 3.13. The number of hydrogen-bond acceptors (Lipinski definition) is 3. The molecule has 3 aliphatic rings. The van der Waals surface area contributed by atoms with Gasteiger partial charge in [-0.2, -0.15) is 13.2 Å². The maximum atomic E-state index is 12.7. The Morgan fingerprint density at radius 2 is 2.11 bits per heavy atom. The topological polar surface area (TPSA) is 45.2 Å². The van der Waals surface area contributed by atoms with E-state index in [-0.39, 0.29) is 23.8 Å². The Bertz CT molecular complexity index is 853. The van der Waals surface area contributed by atoms with E-state index in [1.54, 1.807) is 6.20 Å². The lowest BCUT2D eigenvalue weighted by Crippen LogP contribution is -2.47. The van der Waals surface area contributed by atoms with E-state index in [1.807, 2.05) is 43.3 Å². The van der Waals surface area contributed by atoms with Gasteiger partial charge >= 0.3 is 6.18 Å². The number of rotatable bonds is 4. The van der Waals surface area contributed by atoms with Crippen LogP contribution in [0.25, 0.3) is 11.3 Å². The molecule has 1 unspecified atom stereocenters. The first-order valence-electron chi connectivity index (χ1n) is 8.95. The van der Waals surface area contributed by atoms with Crippen molar-refractivity contribution in [2.24, 2.45) is 11.8 Å². The summed E-state index contributed by atoms with van der Waals surface area (Å²) in [5, 5.41) is 2.89. The minimum Gasteiger partial charge on any atom is -0.326 e. The van der Waals surface area contributed by atoms with Gasteiger partial charge < -0.3 is 5.32 Å². The highest BCUT2D eigenvalue weighted by Gasteiger charge is 2.56. The predicted octanol–water partition coefficient (Wildman–Crippen LogP) is 3.88. The highest BCUT2D eigenvalue weighted by molar-refractivity contribution is 5.95. The second kappa shape index (κ2) is 6.64. The van der Waals surface area contributed by atoms with E-state index in [9.17, 15) is 18.0 Å². The minimum atomic E-state index is -4.23. The molecule has 5 rings (SSSR count). The second-order valence-electron chi connectivity index (χ2n) is 7.37. The first-order valence-corrected chi connectivity index (χ1v) is 8.95. The van der Waals surface area contributed by atoms with Gasteiger partial charge in [-0.25, -0.2) is 0 Å². The third-order valence-corrected chi connectivity index (χ3v) is 5.54. The van der Waals surface area contributed by atoms with Crippen molar-refractivity contribution in [1.29, 1.82) is 0 Å². The Morgan fingerprint density at radius 3 is 2.81 bits per heavy atom. The van der Waals surface area contributed by atoms with Gasteiger partial charge in [-0.1, -0.05) is 12.1 Å². The van der Waals surface area contributed by atoms with Gasteiger partial charge in [0.2, 0.25) is 5.91 Å². The minimum absolute atomic E-state index is 0.0121. The molecule has 4 nitrogen and oxygen atoms in total. The van der Waals surface area contributed by atoms with Crippen molar-refractivity contribution < 1.29 is 18.0 Å². The highest BCUT2D eigenvalue weighted by Crippen LogP contribution is 2.47. The number of aryl methyl sites for hydroxylation is 1. The molecule has 2 aromatic rings. The summed E-state index contributed by atoms with van der Waals surface area (Å²) in [6.07, 6.45) is -1.85. The first kappa shape index (κ1) is 18.0. The van der Waals surface area contributed by atoms with Gasteiger partial charge in [0.25, 0.3) is 0 Å². The first-order chi connectivity index (χ1) is 12.8. The molecule has 0 radical (unpaired) electrons. The number of carbonyl (C=O) groups excluding carboxylic acids is 1. The number of nitrogens with zero attached hydrogens (tertiary/aromatic N) is 2. The molecular formula is C20H20F3N3O. The molecule has 142 valence electrons. The summed E-state index contributed by atoms with van der Waals surface area (Å²) in [7, 11) is 0. The molecule has 1 saturated carbocycles. The summed E-state index contributed by atoms with van der Waals surface area (Å²) in [5.74, 6) is -0.554. The molecule has 3 fully saturated rings. The predicted molar refractivity (Wildman–Crippen MR) is 96.1 cm³/mol. The van der Waals surface area contributed by atoms with Gasteiger partial charge in [-0.15, -0.1) is 0 Å². The summed E-state index contributed by atoms with van der Waals surface area (Å²) in [6, 6.07) is 10.9. The number of aromatic nitrogens is 1. The van der Waals surface area contributed by atoms with Gasteiger partial charge in [0, 0.05) is 30.0 Å². The van der Waals surface area contributed by atoms with Crippen LogP contribution in [0.15, 0.2) is 42.6 Å². The normalized spacial score (nSPS) is 24.5. The molecule has 7 heteroatoms. The van der Waals surface area contributed by atoms with E-state index in [0.717, 1.165) is 16.8 Å². The van der Waals surface area contributed by atoms with Crippen molar-refractivity contribution in [1.82, 2.24) is 9.88 Å². The maximum absolute atomic E-state index is 12.7. The van der Waals surface area contributed by atoms with Crippen molar-refractivity contribution in [3.63, 3.8) is 0 Å². The summed E-state index contributed by atoms with van der Waals surface area (Å²) < 4.78 is 38.0. The van der Waals surface area contributed by atoms with Crippen molar-refractivity contribution in [3.05, 3.63) is 48.2 Å². The Hall–Kier alpha value is -2.41. The number of hydrogen-bond donors (Lipinski definition) is 1.